The van der Waals surface area contributed by atoms with Crippen LogP contribution in [0.15, 0.2) is 0 Å². The zero-order chi connectivity index (χ0) is 10.2. The van der Waals surface area contributed by atoms with Crippen molar-refractivity contribution in [3.05, 3.63) is 0 Å². The van der Waals surface area contributed by atoms with Crippen LogP contribution >= 0.6 is 11.6 Å². The van der Waals surface area contributed by atoms with Crippen molar-refractivity contribution in [2.75, 3.05) is 38.7 Å². The Morgan fingerprint density at radius 3 is 2.93 bits per heavy atom. The fraction of sp³-hybridized carbons (Fsp3) is 1.00. The lowest BCUT2D eigenvalue weighted by Gasteiger charge is -2.20. The molecule has 0 amide bonds. The third-order valence-corrected chi connectivity index (χ3v) is 3.07. The standard InChI is InChI=1S/C11H22ClNO/c1-11(3-5-12)4-7-13-6-2-9-14-10-8-13/h11H,2-10H2,1H3. The first kappa shape index (κ1) is 12.3. The topological polar surface area (TPSA) is 12.5 Å². The largest absolute Gasteiger partial charge is 0.380 e. The van der Waals surface area contributed by atoms with Gasteiger partial charge in [0.15, 0.2) is 0 Å². The molecule has 1 rings (SSSR count). The Bertz CT molecular complexity index is 135. The quantitative estimate of drug-likeness (QED) is 0.659. The van der Waals surface area contributed by atoms with Crippen LogP contribution in [0.4, 0.5) is 0 Å². The second kappa shape index (κ2) is 7.49. The van der Waals surface area contributed by atoms with Crippen molar-refractivity contribution in [1.29, 1.82) is 0 Å². The molecule has 0 radical (unpaired) electrons. The van der Waals surface area contributed by atoms with Crippen molar-refractivity contribution in [1.82, 2.24) is 4.90 Å². The minimum Gasteiger partial charge on any atom is -0.380 e. The molecule has 2 nitrogen and oxygen atoms in total. The minimum atomic E-state index is 0.761. The van der Waals surface area contributed by atoms with E-state index in [1.807, 2.05) is 0 Å². The number of alkyl halides is 1. The smallest absolute Gasteiger partial charge is 0.0593 e. The minimum absolute atomic E-state index is 0.761. The van der Waals surface area contributed by atoms with Gasteiger partial charge in [0.25, 0.3) is 0 Å². The van der Waals surface area contributed by atoms with E-state index in [-0.39, 0.29) is 0 Å². The molecule has 0 spiro atoms. The van der Waals surface area contributed by atoms with Crippen molar-refractivity contribution in [2.24, 2.45) is 5.92 Å². The molecule has 0 N–H and O–H groups in total. The summed E-state index contributed by atoms with van der Waals surface area (Å²) in [5, 5.41) is 0. The average molecular weight is 220 g/mol. The average Bonchev–Trinajstić information content (AvgIpc) is 2.43. The molecule has 0 aliphatic carbocycles. The van der Waals surface area contributed by atoms with Crippen LogP contribution in [0.2, 0.25) is 0 Å². The van der Waals surface area contributed by atoms with Gasteiger partial charge < -0.3 is 9.64 Å². The van der Waals surface area contributed by atoms with Gasteiger partial charge in [0.2, 0.25) is 0 Å². The molecular weight excluding hydrogens is 198 g/mol. The van der Waals surface area contributed by atoms with E-state index >= 15 is 0 Å². The first-order chi connectivity index (χ1) is 6.83. The molecule has 1 aliphatic rings. The second-order valence-corrected chi connectivity index (χ2v) is 4.56. The van der Waals surface area contributed by atoms with E-state index in [2.05, 4.69) is 11.8 Å². The summed E-state index contributed by atoms with van der Waals surface area (Å²) in [6, 6.07) is 0. The predicted octanol–water partition coefficient (Wildman–Crippen LogP) is 2.36. The highest BCUT2D eigenvalue weighted by Crippen LogP contribution is 2.10. The molecule has 0 bridgehead atoms. The third kappa shape index (κ3) is 5.18. The third-order valence-electron chi connectivity index (χ3n) is 2.85. The maximum atomic E-state index is 5.71. The maximum absolute atomic E-state index is 5.71. The highest BCUT2D eigenvalue weighted by Gasteiger charge is 2.10. The number of halogens is 1. The molecule has 0 saturated carbocycles. The van der Waals surface area contributed by atoms with Gasteiger partial charge in [-0.1, -0.05) is 6.92 Å². The Labute approximate surface area is 92.6 Å². The Morgan fingerprint density at radius 1 is 1.29 bits per heavy atom. The lowest BCUT2D eigenvalue weighted by Crippen LogP contribution is -2.28. The van der Waals surface area contributed by atoms with Crippen LogP contribution < -0.4 is 0 Å². The van der Waals surface area contributed by atoms with Gasteiger partial charge in [-0.3, -0.25) is 0 Å². The van der Waals surface area contributed by atoms with Gasteiger partial charge in [-0.2, -0.15) is 0 Å². The summed E-state index contributed by atoms with van der Waals surface area (Å²) in [6.45, 7) is 7.65. The number of rotatable bonds is 5. The molecule has 1 saturated heterocycles. The van der Waals surface area contributed by atoms with Gasteiger partial charge in [0.05, 0.1) is 6.61 Å². The summed E-state index contributed by atoms with van der Waals surface area (Å²) in [6.07, 6.45) is 3.60. The zero-order valence-corrected chi connectivity index (χ0v) is 9.93. The van der Waals surface area contributed by atoms with Crippen LogP contribution in [0, 0.1) is 5.92 Å². The zero-order valence-electron chi connectivity index (χ0n) is 9.17. The second-order valence-electron chi connectivity index (χ2n) is 4.18. The molecule has 0 aromatic carbocycles. The molecule has 0 aromatic rings. The predicted molar refractivity (Wildman–Crippen MR) is 61.0 cm³/mol. The van der Waals surface area contributed by atoms with Crippen molar-refractivity contribution in [3.63, 3.8) is 0 Å². The lowest BCUT2D eigenvalue weighted by atomic mass is 10.1. The Balaban J connectivity index is 2.09. The highest BCUT2D eigenvalue weighted by molar-refractivity contribution is 6.17. The van der Waals surface area contributed by atoms with Crippen LogP contribution in [0.25, 0.3) is 0 Å². The lowest BCUT2D eigenvalue weighted by molar-refractivity contribution is 0.140. The van der Waals surface area contributed by atoms with Crippen LogP contribution in [0.5, 0.6) is 0 Å². The Morgan fingerprint density at radius 2 is 2.14 bits per heavy atom. The van der Waals surface area contributed by atoms with Crippen LogP contribution in [0.1, 0.15) is 26.2 Å². The van der Waals surface area contributed by atoms with Crippen molar-refractivity contribution < 1.29 is 4.74 Å². The van der Waals surface area contributed by atoms with E-state index in [1.54, 1.807) is 0 Å². The molecule has 1 heterocycles. The van der Waals surface area contributed by atoms with E-state index in [4.69, 9.17) is 16.3 Å². The van der Waals surface area contributed by atoms with Crippen LogP contribution in [-0.4, -0.2) is 43.6 Å². The van der Waals surface area contributed by atoms with Crippen LogP contribution in [-0.2, 0) is 4.74 Å². The Hall–Kier alpha value is 0.210. The van der Waals surface area contributed by atoms with Gasteiger partial charge in [-0.25, -0.2) is 0 Å². The van der Waals surface area contributed by atoms with Gasteiger partial charge in [-0.15, -0.1) is 11.6 Å². The van der Waals surface area contributed by atoms with Crippen LogP contribution in [0.3, 0.4) is 0 Å². The van der Waals surface area contributed by atoms with Crippen molar-refractivity contribution >= 4 is 11.6 Å². The summed E-state index contributed by atoms with van der Waals surface area (Å²) in [7, 11) is 0. The summed E-state index contributed by atoms with van der Waals surface area (Å²) in [5.41, 5.74) is 0. The number of nitrogens with zero attached hydrogens (tertiary/aromatic N) is 1. The number of hydrogen-bond donors (Lipinski definition) is 0. The van der Waals surface area contributed by atoms with E-state index in [0.717, 1.165) is 38.0 Å². The van der Waals surface area contributed by atoms with Crippen molar-refractivity contribution in [3.8, 4) is 0 Å². The molecule has 3 heteroatoms. The first-order valence-corrected chi connectivity index (χ1v) is 6.22. The molecule has 1 atom stereocenters. The van der Waals surface area contributed by atoms with Gasteiger partial charge in [0, 0.05) is 25.6 Å². The van der Waals surface area contributed by atoms with E-state index in [9.17, 15) is 0 Å². The SMILES string of the molecule is CC(CCCl)CCN1CCCOCC1. The molecule has 1 unspecified atom stereocenters. The monoisotopic (exact) mass is 219 g/mol. The van der Waals surface area contributed by atoms with E-state index < -0.39 is 0 Å². The maximum Gasteiger partial charge on any atom is 0.0593 e. The normalized spacial score (nSPS) is 21.9. The number of ether oxygens (including phenoxy) is 1. The molecule has 84 valence electrons. The molecule has 0 aromatic heterocycles. The van der Waals surface area contributed by atoms with Gasteiger partial charge in [0.1, 0.15) is 0 Å². The number of hydrogen-bond acceptors (Lipinski definition) is 2. The molecular formula is C11H22ClNO. The van der Waals surface area contributed by atoms with E-state index in [0.29, 0.717) is 0 Å². The summed E-state index contributed by atoms with van der Waals surface area (Å²) < 4.78 is 5.42. The first-order valence-electron chi connectivity index (χ1n) is 5.69. The highest BCUT2D eigenvalue weighted by atomic mass is 35.5. The van der Waals surface area contributed by atoms with Gasteiger partial charge >= 0.3 is 0 Å². The summed E-state index contributed by atoms with van der Waals surface area (Å²) in [5.74, 6) is 1.56. The fourth-order valence-electron chi connectivity index (χ4n) is 1.75. The Kier molecular flexibility index (Phi) is 6.57. The fourth-order valence-corrected chi connectivity index (χ4v) is 2.13. The molecule has 1 aliphatic heterocycles. The molecule has 14 heavy (non-hydrogen) atoms. The van der Waals surface area contributed by atoms with Gasteiger partial charge in [-0.05, 0) is 31.7 Å². The van der Waals surface area contributed by atoms with Crippen molar-refractivity contribution in [2.45, 2.75) is 26.2 Å². The summed E-state index contributed by atoms with van der Waals surface area (Å²) >= 11 is 5.71. The molecule has 1 fully saturated rings. The van der Waals surface area contributed by atoms with E-state index in [1.165, 1.54) is 25.9 Å². The summed E-state index contributed by atoms with van der Waals surface area (Å²) in [4.78, 5) is 2.51.